The van der Waals surface area contributed by atoms with Gasteiger partial charge in [0.15, 0.2) is 0 Å². The van der Waals surface area contributed by atoms with Crippen LogP contribution in [0.15, 0.2) is 71.9 Å². The number of aromatic nitrogens is 5. The van der Waals surface area contributed by atoms with Crippen molar-refractivity contribution >= 4 is 11.6 Å². The van der Waals surface area contributed by atoms with E-state index in [0.29, 0.717) is 23.8 Å². The first kappa shape index (κ1) is 16.5. The quantitative estimate of drug-likeness (QED) is 0.584. The van der Waals surface area contributed by atoms with Gasteiger partial charge in [-0.1, -0.05) is 23.4 Å². The van der Waals surface area contributed by atoms with Gasteiger partial charge in [0.2, 0.25) is 11.7 Å². The van der Waals surface area contributed by atoms with Gasteiger partial charge in [0.25, 0.3) is 5.91 Å². The number of benzene rings is 1. The number of para-hydroxylation sites is 1. The summed E-state index contributed by atoms with van der Waals surface area (Å²) in [6, 6.07) is 11.0. The van der Waals surface area contributed by atoms with Gasteiger partial charge in [0.1, 0.15) is 5.69 Å². The Morgan fingerprint density at radius 3 is 2.67 bits per heavy atom. The van der Waals surface area contributed by atoms with E-state index in [1.54, 1.807) is 12.4 Å². The summed E-state index contributed by atoms with van der Waals surface area (Å²) in [7, 11) is 0. The fourth-order valence-corrected chi connectivity index (χ4v) is 2.51. The van der Waals surface area contributed by atoms with Crippen LogP contribution in [0.4, 0.5) is 5.69 Å². The van der Waals surface area contributed by atoms with Crippen LogP contribution in [0.2, 0.25) is 0 Å². The number of nitrogens with zero attached hydrogens (tertiary/aromatic N) is 5. The third-order valence-corrected chi connectivity index (χ3v) is 3.81. The summed E-state index contributed by atoms with van der Waals surface area (Å²) < 4.78 is 5.35. The fourth-order valence-electron chi connectivity index (χ4n) is 2.51. The molecule has 0 atom stereocenters. The Balaban J connectivity index is 1.54. The summed E-state index contributed by atoms with van der Waals surface area (Å²) in [5.41, 5.74) is 2.56. The largest absolute Gasteiger partial charge is 0.339 e. The lowest BCUT2D eigenvalue weighted by Crippen LogP contribution is -2.15. The van der Waals surface area contributed by atoms with Gasteiger partial charge in [-0.25, -0.2) is 4.98 Å². The molecule has 1 aromatic carbocycles. The molecule has 4 aromatic rings. The number of nitrogens with one attached hydrogen (secondary N) is 1. The van der Waals surface area contributed by atoms with Crippen molar-refractivity contribution in [2.75, 3.05) is 5.32 Å². The van der Waals surface area contributed by atoms with Crippen molar-refractivity contribution in [3.05, 3.63) is 84.5 Å². The highest BCUT2D eigenvalue weighted by atomic mass is 16.5. The highest BCUT2D eigenvalue weighted by molar-refractivity contribution is 6.03. The lowest BCUT2D eigenvalue weighted by atomic mass is 10.1. The van der Waals surface area contributed by atoms with E-state index < -0.39 is 0 Å². The van der Waals surface area contributed by atoms with Gasteiger partial charge in [-0.05, 0) is 23.8 Å². The molecule has 27 heavy (non-hydrogen) atoms. The van der Waals surface area contributed by atoms with Gasteiger partial charge in [-0.3, -0.25) is 14.8 Å². The predicted molar refractivity (Wildman–Crippen MR) is 96.8 cm³/mol. The summed E-state index contributed by atoms with van der Waals surface area (Å²) >= 11 is 0. The SMILES string of the molecule is O=C(Nc1ccccc1Cc1nc(-c2ccncc2)no1)c1cnccn1. The molecule has 0 saturated carbocycles. The molecule has 8 nitrogen and oxygen atoms in total. The Labute approximate surface area is 154 Å². The maximum atomic E-state index is 12.3. The van der Waals surface area contributed by atoms with Crippen LogP contribution in [-0.4, -0.2) is 31.0 Å². The standard InChI is InChI=1S/C19H14N6O2/c26-19(16-12-21-9-10-22-16)23-15-4-2-1-3-14(15)11-17-24-18(25-27-17)13-5-7-20-8-6-13/h1-10,12H,11H2,(H,23,26). The molecular formula is C19H14N6O2. The van der Waals surface area contributed by atoms with Crippen LogP contribution in [0.3, 0.4) is 0 Å². The van der Waals surface area contributed by atoms with Gasteiger partial charge in [0, 0.05) is 36.0 Å². The van der Waals surface area contributed by atoms with E-state index in [0.717, 1.165) is 11.1 Å². The van der Waals surface area contributed by atoms with Crippen LogP contribution < -0.4 is 5.32 Å². The van der Waals surface area contributed by atoms with Gasteiger partial charge in [-0.15, -0.1) is 0 Å². The van der Waals surface area contributed by atoms with Crippen LogP contribution in [0, 0.1) is 0 Å². The van der Waals surface area contributed by atoms with Crippen LogP contribution in [0.25, 0.3) is 11.4 Å². The van der Waals surface area contributed by atoms with Gasteiger partial charge in [-0.2, -0.15) is 4.98 Å². The Morgan fingerprint density at radius 1 is 1.00 bits per heavy atom. The first-order valence-electron chi connectivity index (χ1n) is 8.18. The molecule has 4 rings (SSSR count). The van der Waals surface area contributed by atoms with Crippen molar-refractivity contribution in [2.24, 2.45) is 0 Å². The second kappa shape index (κ2) is 7.52. The summed E-state index contributed by atoms with van der Waals surface area (Å²) in [5, 5.41) is 6.85. The van der Waals surface area contributed by atoms with E-state index in [4.69, 9.17) is 4.52 Å². The van der Waals surface area contributed by atoms with Crippen molar-refractivity contribution in [3.63, 3.8) is 0 Å². The van der Waals surface area contributed by atoms with Gasteiger partial charge in [0.05, 0.1) is 12.6 Å². The van der Waals surface area contributed by atoms with Crippen molar-refractivity contribution in [3.8, 4) is 11.4 Å². The minimum Gasteiger partial charge on any atom is -0.339 e. The molecule has 0 fully saturated rings. The molecule has 1 amide bonds. The number of hydrogen-bond donors (Lipinski definition) is 1. The lowest BCUT2D eigenvalue weighted by Gasteiger charge is -2.09. The van der Waals surface area contributed by atoms with Crippen molar-refractivity contribution in [1.82, 2.24) is 25.1 Å². The average molecular weight is 358 g/mol. The molecule has 3 aromatic heterocycles. The molecule has 8 heteroatoms. The first-order valence-corrected chi connectivity index (χ1v) is 8.18. The zero-order chi connectivity index (χ0) is 18.5. The van der Waals surface area contributed by atoms with E-state index in [-0.39, 0.29) is 11.6 Å². The number of pyridine rings is 1. The average Bonchev–Trinajstić information content (AvgIpc) is 3.19. The number of anilines is 1. The molecule has 0 unspecified atom stereocenters. The Hall–Kier alpha value is -3.94. The molecule has 0 aliphatic heterocycles. The Kier molecular flexibility index (Phi) is 4.60. The van der Waals surface area contributed by atoms with E-state index in [9.17, 15) is 4.79 Å². The summed E-state index contributed by atoms with van der Waals surface area (Å²) in [5.74, 6) is 0.607. The lowest BCUT2D eigenvalue weighted by molar-refractivity contribution is 0.102. The second-order valence-corrected chi connectivity index (χ2v) is 5.63. The molecule has 0 saturated heterocycles. The minimum absolute atomic E-state index is 0.241. The molecule has 0 aliphatic carbocycles. The number of carbonyl (C=O) groups is 1. The number of rotatable bonds is 5. The van der Waals surface area contributed by atoms with Crippen molar-refractivity contribution in [1.29, 1.82) is 0 Å². The number of carbonyl (C=O) groups excluding carboxylic acids is 1. The highest BCUT2D eigenvalue weighted by Gasteiger charge is 2.14. The highest BCUT2D eigenvalue weighted by Crippen LogP contribution is 2.21. The fraction of sp³-hybridized carbons (Fsp3) is 0.0526. The monoisotopic (exact) mass is 358 g/mol. The molecule has 132 valence electrons. The zero-order valence-electron chi connectivity index (χ0n) is 14.1. The van der Waals surface area contributed by atoms with Gasteiger partial charge < -0.3 is 9.84 Å². The zero-order valence-corrected chi connectivity index (χ0v) is 14.1. The number of amides is 1. The van der Waals surface area contributed by atoms with Crippen LogP contribution in [0.5, 0.6) is 0 Å². The maximum absolute atomic E-state index is 12.3. The second-order valence-electron chi connectivity index (χ2n) is 5.63. The molecular weight excluding hydrogens is 344 g/mol. The first-order chi connectivity index (χ1) is 13.3. The molecule has 3 heterocycles. The molecule has 0 aliphatic rings. The third kappa shape index (κ3) is 3.84. The molecule has 0 spiro atoms. The van der Waals surface area contributed by atoms with Crippen LogP contribution >= 0.6 is 0 Å². The van der Waals surface area contributed by atoms with Crippen LogP contribution in [-0.2, 0) is 6.42 Å². The Bertz CT molecular complexity index is 1050. The summed E-state index contributed by atoms with van der Waals surface area (Å²) in [4.78, 5) is 28.6. The number of hydrogen-bond acceptors (Lipinski definition) is 7. The smallest absolute Gasteiger partial charge is 0.275 e. The Morgan fingerprint density at radius 2 is 1.85 bits per heavy atom. The maximum Gasteiger partial charge on any atom is 0.275 e. The summed E-state index contributed by atoms with van der Waals surface area (Å²) in [6.45, 7) is 0. The van der Waals surface area contributed by atoms with Crippen molar-refractivity contribution in [2.45, 2.75) is 6.42 Å². The van der Waals surface area contributed by atoms with E-state index >= 15 is 0 Å². The predicted octanol–water partition coefficient (Wildman–Crippen LogP) is 2.76. The van der Waals surface area contributed by atoms with Gasteiger partial charge >= 0.3 is 0 Å². The third-order valence-electron chi connectivity index (χ3n) is 3.81. The van der Waals surface area contributed by atoms with Crippen LogP contribution in [0.1, 0.15) is 21.9 Å². The molecule has 0 bridgehead atoms. The molecule has 0 radical (unpaired) electrons. The van der Waals surface area contributed by atoms with E-state index in [1.807, 2.05) is 36.4 Å². The minimum atomic E-state index is -0.335. The normalized spacial score (nSPS) is 10.5. The van der Waals surface area contributed by atoms with E-state index in [1.165, 1.54) is 18.6 Å². The van der Waals surface area contributed by atoms with E-state index in [2.05, 4.69) is 30.4 Å². The topological polar surface area (TPSA) is 107 Å². The summed E-state index contributed by atoms with van der Waals surface area (Å²) in [6.07, 6.45) is 8.12. The van der Waals surface area contributed by atoms with Crippen molar-refractivity contribution < 1.29 is 9.32 Å². The molecule has 1 N–H and O–H groups in total.